The molecule has 2 amide bonds. The number of hydrogen-bond donors (Lipinski definition) is 2. The van der Waals surface area contributed by atoms with E-state index < -0.39 is 0 Å². The third kappa shape index (κ3) is 5.19. The van der Waals surface area contributed by atoms with Gasteiger partial charge in [0.1, 0.15) is 0 Å². The van der Waals surface area contributed by atoms with Gasteiger partial charge in [-0.3, -0.25) is 9.59 Å². The summed E-state index contributed by atoms with van der Waals surface area (Å²) in [6.07, 6.45) is 3.28. The molecule has 0 aliphatic carbocycles. The number of nitrogens with zero attached hydrogens (tertiary/aromatic N) is 1. The molecule has 1 fully saturated rings. The van der Waals surface area contributed by atoms with E-state index in [0.717, 1.165) is 36.1 Å². The Hall–Kier alpha value is -1.59. The van der Waals surface area contributed by atoms with Crippen LogP contribution in [0.2, 0.25) is 0 Å². The molecule has 1 saturated heterocycles. The maximum Gasteiger partial charge on any atom is 0.227 e. The molecule has 25 heavy (non-hydrogen) atoms. The van der Waals surface area contributed by atoms with Gasteiger partial charge in [-0.2, -0.15) is 0 Å². The molecule has 1 aliphatic heterocycles. The van der Waals surface area contributed by atoms with Gasteiger partial charge in [0.2, 0.25) is 11.8 Å². The Bertz CT molecular complexity index is 606. The second kappa shape index (κ2) is 9.78. The van der Waals surface area contributed by atoms with Crippen LogP contribution in [-0.4, -0.2) is 30.9 Å². The molecule has 6 heteroatoms. The van der Waals surface area contributed by atoms with Gasteiger partial charge < -0.3 is 16.0 Å². The zero-order valence-corrected chi connectivity index (χ0v) is 16.2. The van der Waals surface area contributed by atoms with Crippen LogP contribution in [0.15, 0.2) is 18.2 Å². The number of amides is 2. The van der Waals surface area contributed by atoms with Crippen LogP contribution in [0.5, 0.6) is 0 Å². The summed E-state index contributed by atoms with van der Waals surface area (Å²) in [5, 5.41) is 3.02. The predicted octanol–water partition coefficient (Wildman–Crippen LogP) is 2.71. The Kier molecular flexibility index (Phi) is 8.39. The van der Waals surface area contributed by atoms with E-state index in [1.807, 2.05) is 32.0 Å². The van der Waals surface area contributed by atoms with Crippen LogP contribution < -0.4 is 16.0 Å². The van der Waals surface area contributed by atoms with Crippen molar-refractivity contribution in [1.29, 1.82) is 0 Å². The molecule has 1 aromatic carbocycles. The summed E-state index contributed by atoms with van der Waals surface area (Å²) in [7, 11) is 0. The molecule has 0 saturated carbocycles. The van der Waals surface area contributed by atoms with E-state index in [9.17, 15) is 9.59 Å². The maximum absolute atomic E-state index is 12.5. The van der Waals surface area contributed by atoms with E-state index in [1.165, 1.54) is 0 Å². The summed E-state index contributed by atoms with van der Waals surface area (Å²) in [4.78, 5) is 26.7. The van der Waals surface area contributed by atoms with Crippen LogP contribution in [0.1, 0.15) is 43.7 Å². The summed E-state index contributed by atoms with van der Waals surface area (Å²) < 4.78 is 0. The molecular formula is C19H30ClN3O2. The second-order valence-electron chi connectivity index (χ2n) is 6.71. The first-order chi connectivity index (χ1) is 11.5. The molecule has 2 atom stereocenters. The van der Waals surface area contributed by atoms with Crippen molar-refractivity contribution < 1.29 is 9.59 Å². The van der Waals surface area contributed by atoms with E-state index in [-0.39, 0.29) is 42.6 Å². The fraction of sp³-hybridized carbons (Fsp3) is 0.579. The molecule has 2 rings (SSSR count). The fourth-order valence-electron chi connectivity index (χ4n) is 3.16. The van der Waals surface area contributed by atoms with Crippen LogP contribution in [0.4, 0.5) is 5.69 Å². The highest BCUT2D eigenvalue weighted by atomic mass is 35.5. The summed E-state index contributed by atoms with van der Waals surface area (Å²) >= 11 is 0. The third-order valence-corrected chi connectivity index (χ3v) is 4.90. The lowest BCUT2D eigenvalue weighted by Gasteiger charge is -2.21. The lowest BCUT2D eigenvalue weighted by molar-refractivity contribution is -0.126. The van der Waals surface area contributed by atoms with Crippen LogP contribution in [-0.2, 0) is 9.59 Å². The lowest BCUT2D eigenvalue weighted by atomic mass is 10.1. The number of nitrogens with two attached hydrogens (primary N) is 1. The number of anilines is 1. The van der Waals surface area contributed by atoms with E-state index in [1.54, 1.807) is 4.90 Å². The number of unbranched alkanes of at least 4 members (excludes halogenated alkanes) is 1. The normalized spacial score (nSPS) is 18.0. The Morgan fingerprint density at radius 2 is 2.12 bits per heavy atom. The third-order valence-electron chi connectivity index (χ3n) is 4.90. The van der Waals surface area contributed by atoms with Gasteiger partial charge in [-0.05, 0) is 37.5 Å². The number of benzene rings is 1. The number of hydrogen-bond acceptors (Lipinski definition) is 3. The minimum absolute atomic E-state index is 0. The van der Waals surface area contributed by atoms with E-state index in [4.69, 9.17) is 5.73 Å². The molecule has 0 radical (unpaired) electrons. The average molecular weight is 368 g/mol. The Balaban J connectivity index is 0.00000312. The SMILES string of the molecule is CCCCC(CN)NC(=O)C1CC(=O)N(c2cccc(C)c2C)C1.Cl. The number of carbonyl (C=O) groups excluding carboxylic acids is 2. The Morgan fingerprint density at radius 3 is 2.76 bits per heavy atom. The van der Waals surface area contributed by atoms with Gasteiger partial charge >= 0.3 is 0 Å². The Labute approximate surface area is 156 Å². The summed E-state index contributed by atoms with van der Waals surface area (Å²) in [6, 6.07) is 5.93. The van der Waals surface area contributed by atoms with Crippen LogP contribution in [0, 0.1) is 19.8 Å². The van der Waals surface area contributed by atoms with Crippen molar-refractivity contribution >= 4 is 29.9 Å². The molecule has 3 N–H and O–H groups in total. The fourth-order valence-corrected chi connectivity index (χ4v) is 3.16. The molecule has 0 bridgehead atoms. The van der Waals surface area contributed by atoms with Crippen molar-refractivity contribution in [2.24, 2.45) is 11.7 Å². The molecule has 0 spiro atoms. The van der Waals surface area contributed by atoms with Crippen molar-refractivity contribution in [3.8, 4) is 0 Å². The quantitative estimate of drug-likeness (QED) is 0.778. The number of halogens is 1. The van der Waals surface area contributed by atoms with Crippen LogP contribution in [0.25, 0.3) is 0 Å². The zero-order chi connectivity index (χ0) is 17.7. The highest BCUT2D eigenvalue weighted by Crippen LogP contribution is 2.29. The van der Waals surface area contributed by atoms with Gasteiger partial charge in [-0.15, -0.1) is 12.4 Å². The number of carbonyl (C=O) groups is 2. The van der Waals surface area contributed by atoms with Gasteiger partial charge in [-0.25, -0.2) is 0 Å². The minimum Gasteiger partial charge on any atom is -0.352 e. The van der Waals surface area contributed by atoms with Gasteiger partial charge in [-0.1, -0.05) is 31.9 Å². The molecule has 2 unspecified atom stereocenters. The molecule has 0 aromatic heterocycles. The molecule has 140 valence electrons. The summed E-state index contributed by atoms with van der Waals surface area (Å²) in [6.45, 7) is 7.05. The van der Waals surface area contributed by atoms with E-state index in [2.05, 4.69) is 12.2 Å². The van der Waals surface area contributed by atoms with Gasteiger partial charge in [0, 0.05) is 31.2 Å². The van der Waals surface area contributed by atoms with Crippen molar-refractivity contribution in [2.45, 2.75) is 52.5 Å². The summed E-state index contributed by atoms with van der Waals surface area (Å²) in [5.41, 5.74) is 8.91. The highest BCUT2D eigenvalue weighted by Gasteiger charge is 2.36. The lowest BCUT2D eigenvalue weighted by Crippen LogP contribution is -2.43. The monoisotopic (exact) mass is 367 g/mol. The van der Waals surface area contributed by atoms with Crippen molar-refractivity contribution in [2.75, 3.05) is 18.0 Å². The first-order valence-electron chi connectivity index (χ1n) is 8.84. The van der Waals surface area contributed by atoms with Gasteiger partial charge in [0.05, 0.1) is 5.92 Å². The largest absolute Gasteiger partial charge is 0.352 e. The second-order valence-corrected chi connectivity index (χ2v) is 6.71. The van der Waals surface area contributed by atoms with Gasteiger partial charge in [0.15, 0.2) is 0 Å². The predicted molar refractivity (Wildman–Crippen MR) is 104 cm³/mol. The average Bonchev–Trinajstić information content (AvgIpc) is 2.95. The van der Waals surface area contributed by atoms with Crippen molar-refractivity contribution in [1.82, 2.24) is 5.32 Å². The minimum atomic E-state index is -0.298. The topological polar surface area (TPSA) is 75.4 Å². The summed E-state index contributed by atoms with van der Waals surface area (Å²) in [5.74, 6) is -0.336. The standard InChI is InChI=1S/C19H29N3O2.ClH/c1-4-5-8-16(11-20)21-19(24)15-10-18(23)22(12-15)17-9-6-7-13(2)14(17)3;/h6-7,9,15-16H,4-5,8,10-12,20H2,1-3H3,(H,21,24);1H. The highest BCUT2D eigenvalue weighted by molar-refractivity contribution is 6.01. The molecule has 1 aliphatic rings. The zero-order valence-electron chi connectivity index (χ0n) is 15.4. The molecular weight excluding hydrogens is 338 g/mol. The first kappa shape index (κ1) is 21.5. The number of nitrogens with one attached hydrogen (secondary N) is 1. The number of aryl methyl sites for hydroxylation is 1. The van der Waals surface area contributed by atoms with Crippen molar-refractivity contribution in [3.63, 3.8) is 0 Å². The van der Waals surface area contributed by atoms with Crippen LogP contribution >= 0.6 is 12.4 Å². The molecule has 1 aromatic rings. The van der Waals surface area contributed by atoms with E-state index in [0.29, 0.717) is 13.1 Å². The molecule has 5 nitrogen and oxygen atoms in total. The number of rotatable bonds is 7. The van der Waals surface area contributed by atoms with Gasteiger partial charge in [0.25, 0.3) is 0 Å². The van der Waals surface area contributed by atoms with E-state index >= 15 is 0 Å². The Morgan fingerprint density at radius 1 is 1.40 bits per heavy atom. The molecule has 1 heterocycles. The van der Waals surface area contributed by atoms with Crippen LogP contribution in [0.3, 0.4) is 0 Å². The first-order valence-corrected chi connectivity index (χ1v) is 8.84. The smallest absolute Gasteiger partial charge is 0.227 e. The van der Waals surface area contributed by atoms with Crippen molar-refractivity contribution in [3.05, 3.63) is 29.3 Å². The maximum atomic E-state index is 12.5.